The van der Waals surface area contributed by atoms with Crippen LogP contribution >= 0.6 is 11.6 Å². The first-order valence-corrected chi connectivity index (χ1v) is 10.4. The molecule has 0 spiro atoms. The van der Waals surface area contributed by atoms with E-state index in [9.17, 15) is 14.4 Å². The van der Waals surface area contributed by atoms with E-state index >= 15 is 0 Å². The number of nitrogens with zero attached hydrogens (tertiary/aromatic N) is 2. The van der Waals surface area contributed by atoms with Crippen LogP contribution < -0.4 is 10.2 Å². The summed E-state index contributed by atoms with van der Waals surface area (Å²) in [7, 11) is 1.53. The van der Waals surface area contributed by atoms with Crippen molar-refractivity contribution in [3.8, 4) is 0 Å². The predicted molar refractivity (Wildman–Crippen MR) is 121 cm³/mol. The highest BCUT2D eigenvalue weighted by Crippen LogP contribution is 2.37. The number of hydrogen-bond acceptors (Lipinski definition) is 3. The maximum absolute atomic E-state index is 13.4. The highest BCUT2D eigenvalue weighted by Gasteiger charge is 2.34. The smallest absolute Gasteiger partial charge is 0.259 e. The Morgan fingerprint density at radius 1 is 1.06 bits per heavy atom. The first kappa shape index (κ1) is 20.9. The van der Waals surface area contributed by atoms with Gasteiger partial charge >= 0.3 is 0 Å². The molecule has 0 saturated carbocycles. The lowest BCUT2D eigenvalue weighted by Crippen LogP contribution is -2.50. The first-order valence-electron chi connectivity index (χ1n) is 10.0. The van der Waals surface area contributed by atoms with Gasteiger partial charge in [-0.3, -0.25) is 19.3 Å². The molecule has 1 atom stereocenters. The quantitative estimate of drug-likeness (QED) is 0.643. The van der Waals surface area contributed by atoms with Crippen LogP contribution in [-0.4, -0.2) is 42.3 Å². The van der Waals surface area contributed by atoms with Gasteiger partial charge in [0.25, 0.3) is 5.91 Å². The minimum Gasteiger partial charge on any atom is -0.357 e. The summed E-state index contributed by atoms with van der Waals surface area (Å²) in [5, 5.41) is 4.90. The SMILES string of the molecule is CNC(=O)C(C)N(Cc1ccccc1Cl)C(=O)CN1C(=O)c2cccc3cccc1c23. The van der Waals surface area contributed by atoms with Crippen molar-refractivity contribution in [2.75, 3.05) is 18.5 Å². The summed E-state index contributed by atoms with van der Waals surface area (Å²) >= 11 is 6.30. The maximum Gasteiger partial charge on any atom is 0.259 e. The number of amides is 3. The molecule has 3 aromatic carbocycles. The third-order valence-electron chi connectivity index (χ3n) is 5.65. The second kappa shape index (κ2) is 8.40. The molecule has 3 amide bonds. The Balaban J connectivity index is 1.65. The molecule has 7 heteroatoms. The molecule has 158 valence electrons. The van der Waals surface area contributed by atoms with E-state index in [0.717, 1.165) is 16.3 Å². The lowest BCUT2D eigenvalue weighted by molar-refractivity contribution is -0.139. The molecule has 0 fully saturated rings. The van der Waals surface area contributed by atoms with Gasteiger partial charge in [0.1, 0.15) is 12.6 Å². The van der Waals surface area contributed by atoms with Crippen molar-refractivity contribution >= 4 is 45.8 Å². The van der Waals surface area contributed by atoms with Gasteiger partial charge in [-0.15, -0.1) is 0 Å². The second-order valence-electron chi connectivity index (χ2n) is 7.48. The summed E-state index contributed by atoms with van der Waals surface area (Å²) in [6.45, 7) is 1.65. The molecule has 0 radical (unpaired) electrons. The standard InChI is InChI=1S/C24H22ClN3O3/c1-15(23(30)26-2)27(13-17-7-3-4-11-19(17)25)21(29)14-28-20-12-6-9-16-8-5-10-18(22(16)20)24(28)31/h3-12,15H,13-14H2,1-2H3,(H,26,30). The highest BCUT2D eigenvalue weighted by atomic mass is 35.5. The van der Waals surface area contributed by atoms with E-state index < -0.39 is 6.04 Å². The number of halogens is 1. The van der Waals surface area contributed by atoms with E-state index in [4.69, 9.17) is 11.6 Å². The molecular weight excluding hydrogens is 414 g/mol. The molecule has 4 rings (SSSR count). The monoisotopic (exact) mass is 435 g/mol. The summed E-state index contributed by atoms with van der Waals surface area (Å²) in [6, 6.07) is 17.7. The van der Waals surface area contributed by atoms with Crippen molar-refractivity contribution < 1.29 is 14.4 Å². The van der Waals surface area contributed by atoms with Crippen LogP contribution in [0.3, 0.4) is 0 Å². The van der Waals surface area contributed by atoms with Gasteiger partial charge in [-0.2, -0.15) is 0 Å². The number of benzene rings is 3. The van der Waals surface area contributed by atoms with Gasteiger partial charge in [-0.05, 0) is 36.1 Å². The van der Waals surface area contributed by atoms with Gasteiger partial charge in [-0.25, -0.2) is 0 Å². The molecule has 3 aromatic rings. The van der Waals surface area contributed by atoms with Gasteiger partial charge in [-0.1, -0.05) is 54.1 Å². The fourth-order valence-electron chi connectivity index (χ4n) is 3.96. The Labute approximate surface area is 185 Å². The zero-order valence-corrected chi connectivity index (χ0v) is 18.0. The predicted octanol–water partition coefficient (Wildman–Crippen LogP) is 3.62. The van der Waals surface area contributed by atoms with Gasteiger partial charge in [0.2, 0.25) is 11.8 Å². The van der Waals surface area contributed by atoms with Crippen LogP contribution in [-0.2, 0) is 16.1 Å². The Morgan fingerprint density at radius 3 is 2.48 bits per heavy atom. The van der Waals surface area contributed by atoms with E-state index in [-0.39, 0.29) is 30.8 Å². The molecular formula is C24H22ClN3O3. The van der Waals surface area contributed by atoms with Crippen LogP contribution in [0.1, 0.15) is 22.8 Å². The maximum atomic E-state index is 13.4. The lowest BCUT2D eigenvalue weighted by Gasteiger charge is -2.30. The second-order valence-corrected chi connectivity index (χ2v) is 7.88. The average Bonchev–Trinajstić information content (AvgIpc) is 3.05. The van der Waals surface area contributed by atoms with Crippen molar-refractivity contribution in [3.63, 3.8) is 0 Å². The third-order valence-corrected chi connectivity index (χ3v) is 6.02. The molecule has 31 heavy (non-hydrogen) atoms. The number of nitrogens with one attached hydrogen (secondary N) is 1. The summed E-state index contributed by atoms with van der Waals surface area (Å²) in [6.07, 6.45) is 0. The van der Waals surface area contributed by atoms with Crippen molar-refractivity contribution in [1.82, 2.24) is 10.2 Å². The molecule has 0 saturated heterocycles. The van der Waals surface area contributed by atoms with Gasteiger partial charge < -0.3 is 10.2 Å². The lowest BCUT2D eigenvalue weighted by atomic mass is 10.1. The van der Waals surface area contributed by atoms with Gasteiger partial charge in [0.15, 0.2) is 0 Å². The van der Waals surface area contributed by atoms with Crippen LogP contribution in [0.15, 0.2) is 60.7 Å². The number of hydrogen-bond donors (Lipinski definition) is 1. The summed E-state index contributed by atoms with van der Waals surface area (Å²) < 4.78 is 0. The van der Waals surface area contributed by atoms with Crippen LogP contribution in [0, 0.1) is 0 Å². The zero-order chi connectivity index (χ0) is 22.1. The molecule has 0 aromatic heterocycles. The van der Waals surface area contributed by atoms with E-state index in [1.165, 1.54) is 16.8 Å². The minimum atomic E-state index is -0.732. The molecule has 1 N–H and O–H groups in total. The first-order chi connectivity index (χ1) is 14.9. The minimum absolute atomic E-state index is 0.159. The number of carbonyl (C=O) groups excluding carboxylic acids is 3. The fraction of sp³-hybridized carbons (Fsp3) is 0.208. The van der Waals surface area contributed by atoms with Crippen molar-refractivity contribution in [3.05, 3.63) is 76.8 Å². The molecule has 1 unspecified atom stereocenters. The highest BCUT2D eigenvalue weighted by molar-refractivity contribution is 6.31. The third kappa shape index (κ3) is 3.75. The number of anilines is 1. The van der Waals surface area contributed by atoms with Crippen LogP contribution in [0.4, 0.5) is 5.69 Å². The Hall–Kier alpha value is -3.38. The van der Waals surface area contributed by atoms with Gasteiger partial charge in [0, 0.05) is 29.6 Å². The van der Waals surface area contributed by atoms with Crippen molar-refractivity contribution in [2.24, 2.45) is 0 Å². The summed E-state index contributed by atoms with van der Waals surface area (Å²) in [5.41, 5.74) is 2.01. The van der Waals surface area contributed by atoms with E-state index in [2.05, 4.69) is 5.32 Å². The Bertz CT molecular complexity index is 1190. The van der Waals surface area contributed by atoms with Gasteiger partial charge in [0.05, 0.1) is 5.69 Å². The van der Waals surface area contributed by atoms with Crippen LogP contribution in [0.2, 0.25) is 5.02 Å². The Kier molecular flexibility index (Phi) is 5.65. The summed E-state index contributed by atoms with van der Waals surface area (Å²) in [5.74, 6) is -0.849. The Morgan fingerprint density at radius 2 is 1.77 bits per heavy atom. The molecule has 1 aliphatic heterocycles. The molecule has 0 bridgehead atoms. The zero-order valence-electron chi connectivity index (χ0n) is 17.3. The topological polar surface area (TPSA) is 69.7 Å². The van der Waals surface area contributed by atoms with Crippen LogP contribution in [0.25, 0.3) is 10.8 Å². The van der Waals surface area contributed by atoms with Crippen molar-refractivity contribution in [2.45, 2.75) is 19.5 Å². The normalized spacial score (nSPS) is 13.4. The molecule has 6 nitrogen and oxygen atoms in total. The van der Waals surface area contributed by atoms with E-state index in [1.54, 1.807) is 25.1 Å². The molecule has 1 heterocycles. The number of rotatable bonds is 6. The van der Waals surface area contributed by atoms with E-state index in [1.807, 2.05) is 42.5 Å². The van der Waals surface area contributed by atoms with Crippen molar-refractivity contribution in [1.29, 1.82) is 0 Å². The molecule has 1 aliphatic rings. The number of likely N-dealkylation sites (N-methyl/N-ethyl adjacent to an activating group) is 1. The number of carbonyl (C=O) groups is 3. The fourth-order valence-corrected chi connectivity index (χ4v) is 4.16. The largest absolute Gasteiger partial charge is 0.357 e. The van der Waals surface area contributed by atoms with E-state index in [0.29, 0.717) is 16.3 Å². The molecule has 0 aliphatic carbocycles. The summed E-state index contributed by atoms with van der Waals surface area (Å²) in [4.78, 5) is 41.7. The van der Waals surface area contributed by atoms with Crippen LogP contribution in [0.5, 0.6) is 0 Å². The average molecular weight is 436 g/mol.